The van der Waals surface area contributed by atoms with Crippen LogP contribution in [0.25, 0.3) is 0 Å². The third kappa shape index (κ3) is 9.02. The maximum atomic E-state index is 5.76. The molecule has 3 nitrogen and oxygen atoms in total. The molecule has 0 spiro atoms. The van der Waals surface area contributed by atoms with Crippen molar-refractivity contribution in [2.75, 3.05) is 34.8 Å². The fourth-order valence-electron chi connectivity index (χ4n) is 1.88. The SMILES string of the molecule is CCCCCCCCCOC(N(C)C)=[N+](C)C. The van der Waals surface area contributed by atoms with Crippen molar-refractivity contribution < 1.29 is 9.31 Å². The van der Waals surface area contributed by atoms with Gasteiger partial charge in [0.2, 0.25) is 0 Å². The number of ether oxygens (including phenoxy) is 1. The van der Waals surface area contributed by atoms with Gasteiger partial charge in [-0.25, -0.2) is 9.48 Å². The lowest BCUT2D eigenvalue weighted by molar-refractivity contribution is -0.480. The molecule has 0 bridgehead atoms. The summed E-state index contributed by atoms with van der Waals surface area (Å²) in [6.45, 7) is 3.09. The van der Waals surface area contributed by atoms with Gasteiger partial charge in [0.25, 0.3) is 0 Å². The summed E-state index contributed by atoms with van der Waals surface area (Å²) in [6, 6.07) is 0.941. The van der Waals surface area contributed by atoms with Crippen LogP contribution in [0.2, 0.25) is 0 Å². The van der Waals surface area contributed by atoms with Crippen LogP contribution in [0.4, 0.5) is 0 Å². The maximum absolute atomic E-state index is 5.76. The van der Waals surface area contributed by atoms with E-state index in [1.165, 1.54) is 38.5 Å². The molecule has 0 radical (unpaired) electrons. The van der Waals surface area contributed by atoms with Crippen LogP contribution >= 0.6 is 0 Å². The summed E-state index contributed by atoms with van der Waals surface area (Å²) < 4.78 is 7.78. The van der Waals surface area contributed by atoms with Gasteiger partial charge in [-0.1, -0.05) is 45.4 Å². The van der Waals surface area contributed by atoms with E-state index >= 15 is 0 Å². The average Bonchev–Trinajstić information content (AvgIpc) is 2.26. The topological polar surface area (TPSA) is 15.5 Å². The Bertz CT molecular complexity index is 208. The lowest BCUT2D eigenvalue weighted by atomic mass is 10.1. The zero-order chi connectivity index (χ0) is 13.1. The molecule has 0 rings (SSSR count). The second kappa shape index (κ2) is 10.4. The number of amidine groups is 1. The van der Waals surface area contributed by atoms with Gasteiger partial charge >= 0.3 is 6.02 Å². The predicted octanol–water partition coefficient (Wildman–Crippen LogP) is 2.94. The summed E-state index contributed by atoms with van der Waals surface area (Å²) in [6.07, 6.45) is 9.29. The Morgan fingerprint density at radius 2 is 1.47 bits per heavy atom. The van der Waals surface area contributed by atoms with Gasteiger partial charge in [0.05, 0.1) is 34.8 Å². The van der Waals surface area contributed by atoms with Gasteiger partial charge in [-0.15, -0.1) is 0 Å². The minimum Gasteiger partial charge on any atom is -0.432 e. The first-order valence-corrected chi connectivity index (χ1v) is 6.94. The second-order valence-corrected chi connectivity index (χ2v) is 5.04. The van der Waals surface area contributed by atoms with E-state index in [1.54, 1.807) is 0 Å². The molecule has 0 unspecified atom stereocenters. The van der Waals surface area contributed by atoms with E-state index in [0.717, 1.165) is 19.0 Å². The monoisotopic (exact) mass is 243 g/mol. The zero-order valence-electron chi connectivity index (χ0n) is 12.5. The summed E-state index contributed by atoms with van der Waals surface area (Å²) in [5, 5.41) is 0. The highest BCUT2D eigenvalue weighted by atomic mass is 16.5. The fourth-order valence-corrected chi connectivity index (χ4v) is 1.88. The predicted molar refractivity (Wildman–Crippen MR) is 74.7 cm³/mol. The summed E-state index contributed by atoms with van der Waals surface area (Å²) in [5.74, 6) is 0. The highest BCUT2D eigenvalue weighted by molar-refractivity contribution is 5.67. The Kier molecular flexibility index (Phi) is 9.98. The zero-order valence-corrected chi connectivity index (χ0v) is 12.5. The quantitative estimate of drug-likeness (QED) is 0.282. The van der Waals surface area contributed by atoms with Crippen molar-refractivity contribution in [3.05, 3.63) is 0 Å². The van der Waals surface area contributed by atoms with Crippen molar-refractivity contribution in [3.63, 3.8) is 0 Å². The van der Waals surface area contributed by atoms with Crippen LogP contribution in [0.1, 0.15) is 51.9 Å². The van der Waals surface area contributed by atoms with Crippen molar-refractivity contribution in [1.29, 1.82) is 0 Å². The molecule has 3 heteroatoms. The molecule has 0 aromatic rings. The van der Waals surface area contributed by atoms with Crippen LogP contribution < -0.4 is 0 Å². The number of hydrogen-bond acceptors (Lipinski definition) is 1. The van der Waals surface area contributed by atoms with E-state index in [4.69, 9.17) is 4.74 Å². The van der Waals surface area contributed by atoms with E-state index in [0.29, 0.717) is 0 Å². The molecule has 0 heterocycles. The van der Waals surface area contributed by atoms with Gasteiger partial charge in [0.15, 0.2) is 0 Å². The molecular weight excluding hydrogens is 212 g/mol. The van der Waals surface area contributed by atoms with E-state index in [1.807, 2.05) is 37.7 Å². The van der Waals surface area contributed by atoms with Gasteiger partial charge in [-0.05, 0) is 6.42 Å². The third-order valence-corrected chi connectivity index (χ3v) is 2.74. The van der Waals surface area contributed by atoms with E-state index < -0.39 is 0 Å². The first-order valence-electron chi connectivity index (χ1n) is 6.94. The third-order valence-electron chi connectivity index (χ3n) is 2.74. The Hall–Kier alpha value is -0.730. The first-order chi connectivity index (χ1) is 8.09. The Morgan fingerprint density at radius 1 is 0.941 bits per heavy atom. The standard InChI is InChI=1S/C14H31N2O/c1-6-7-8-9-10-11-12-13-17-14(15(2)3)16(4)5/h6-13H2,1-5H3/q+1. The van der Waals surface area contributed by atoms with Crippen molar-refractivity contribution in [1.82, 2.24) is 4.90 Å². The van der Waals surface area contributed by atoms with Gasteiger partial charge in [0, 0.05) is 0 Å². The highest BCUT2D eigenvalue weighted by Gasteiger charge is 2.12. The average molecular weight is 243 g/mol. The molecule has 0 fully saturated rings. The van der Waals surface area contributed by atoms with Gasteiger partial charge in [-0.3, -0.25) is 0 Å². The lowest BCUT2D eigenvalue weighted by Gasteiger charge is -2.11. The summed E-state index contributed by atoms with van der Waals surface area (Å²) in [5.41, 5.74) is 0. The molecule has 0 aliphatic rings. The van der Waals surface area contributed by atoms with Crippen molar-refractivity contribution >= 4 is 6.02 Å². The van der Waals surface area contributed by atoms with Crippen LogP contribution in [0.5, 0.6) is 0 Å². The minimum absolute atomic E-state index is 0.833. The number of rotatable bonds is 8. The summed E-state index contributed by atoms with van der Waals surface area (Å²) >= 11 is 0. The molecule has 0 aromatic heterocycles. The Morgan fingerprint density at radius 3 is 1.94 bits per heavy atom. The fraction of sp³-hybridized carbons (Fsp3) is 0.929. The molecular formula is C14H31N2O+. The number of nitrogens with zero attached hydrogens (tertiary/aromatic N) is 2. The normalized spacial score (nSPS) is 10.2. The van der Waals surface area contributed by atoms with Crippen LogP contribution in [-0.4, -0.2) is 50.3 Å². The van der Waals surface area contributed by atoms with Crippen LogP contribution in [0, 0.1) is 0 Å². The van der Waals surface area contributed by atoms with Crippen molar-refractivity contribution in [3.8, 4) is 0 Å². The van der Waals surface area contributed by atoms with E-state index in [-0.39, 0.29) is 0 Å². The van der Waals surface area contributed by atoms with Gasteiger partial charge in [-0.2, -0.15) is 0 Å². The van der Waals surface area contributed by atoms with Crippen LogP contribution in [0.15, 0.2) is 0 Å². The molecule has 0 N–H and O–H groups in total. The molecule has 17 heavy (non-hydrogen) atoms. The Labute approximate surface area is 107 Å². The molecule has 0 aliphatic heterocycles. The van der Waals surface area contributed by atoms with Crippen LogP contribution in [-0.2, 0) is 4.74 Å². The smallest absolute Gasteiger partial charge is 0.432 e. The highest BCUT2D eigenvalue weighted by Crippen LogP contribution is 2.06. The summed E-state index contributed by atoms with van der Waals surface area (Å²) in [7, 11) is 8.06. The lowest BCUT2D eigenvalue weighted by Crippen LogP contribution is -2.32. The first kappa shape index (κ1) is 16.3. The largest absolute Gasteiger partial charge is 0.445 e. The van der Waals surface area contributed by atoms with E-state index in [9.17, 15) is 0 Å². The van der Waals surface area contributed by atoms with Gasteiger partial charge in [0.1, 0.15) is 0 Å². The number of hydrogen-bond donors (Lipinski definition) is 0. The van der Waals surface area contributed by atoms with E-state index in [2.05, 4.69) is 6.92 Å². The van der Waals surface area contributed by atoms with Crippen molar-refractivity contribution in [2.45, 2.75) is 51.9 Å². The molecule has 0 aliphatic carbocycles. The molecule has 0 aromatic carbocycles. The molecule has 0 atom stereocenters. The van der Waals surface area contributed by atoms with Crippen molar-refractivity contribution in [2.24, 2.45) is 0 Å². The molecule has 0 saturated heterocycles. The molecule has 102 valence electrons. The molecule has 0 amide bonds. The van der Waals surface area contributed by atoms with Crippen LogP contribution in [0.3, 0.4) is 0 Å². The second-order valence-electron chi connectivity index (χ2n) is 5.04. The Balaban J connectivity index is 3.48. The summed E-state index contributed by atoms with van der Waals surface area (Å²) in [4.78, 5) is 2.02. The minimum atomic E-state index is 0.833. The number of unbranched alkanes of at least 4 members (excludes halogenated alkanes) is 6. The van der Waals surface area contributed by atoms with Gasteiger partial charge < -0.3 is 4.74 Å². The molecule has 0 saturated carbocycles. The maximum Gasteiger partial charge on any atom is 0.445 e.